The van der Waals surface area contributed by atoms with Crippen molar-refractivity contribution in [2.45, 2.75) is 18.9 Å². The Balaban J connectivity index is 2.43. The Kier molecular flexibility index (Phi) is 1.54. The third kappa shape index (κ3) is 1.55. The molecule has 0 saturated carbocycles. The molecule has 1 heterocycles. The van der Waals surface area contributed by atoms with E-state index >= 15 is 0 Å². The highest BCUT2D eigenvalue weighted by atomic mass is 16.3. The van der Waals surface area contributed by atoms with Gasteiger partial charge in [-0.05, 0) is 0 Å². The van der Waals surface area contributed by atoms with Gasteiger partial charge in [0.2, 0.25) is 0 Å². The Morgan fingerprint density at radius 2 is 1.78 bits per heavy atom. The summed E-state index contributed by atoms with van der Waals surface area (Å²) in [6.07, 6.45) is -1.71. The minimum Gasteiger partial charge on any atom is -0.374 e. The molecule has 0 radical (unpaired) electrons. The van der Waals surface area contributed by atoms with Gasteiger partial charge in [-0.2, -0.15) is 0 Å². The van der Waals surface area contributed by atoms with Crippen LogP contribution in [0, 0.1) is 0 Å². The molecule has 2 atom stereocenters. The Bertz CT molecular complexity index is 115. The third-order valence-electron chi connectivity index (χ3n) is 1.04. The van der Waals surface area contributed by atoms with Crippen LogP contribution in [0.4, 0.5) is 4.79 Å². The highest BCUT2D eigenvalue weighted by molar-refractivity contribution is 5.74. The average molecular weight is 132 g/mol. The SMILES string of the molecule is O=C1NC(O)CC(O)N1. The second-order valence-electron chi connectivity index (χ2n) is 1.89. The molecule has 1 rings (SSSR count). The molecule has 5 heteroatoms. The van der Waals surface area contributed by atoms with Gasteiger partial charge in [0, 0.05) is 6.42 Å². The highest BCUT2D eigenvalue weighted by Crippen LogP contribution is 1.96. The number of aliphatic hydroxyl groups is 2. The zero-order chi connectivity index (χ0) is 6.85. The summed E-state index contributed by atoms with van der Waals surface area (Å²) in [6, 6.07) is -0.541. The molecular weight excluding hydrogens is 124 g/mol. The maximum absolute atomic E-state index is 10.3. The van der Waals surface area contributed by atoms with E-state index in [1.165, 1.54) is 0 Å². The zero-order valence-corrected chi connectivity index (χ0v) is 4.66. The van der Waals surface area contributed by atoms with E-state index in [9.17, 15) is 4.79 Å². The number of urea groups is 1. The lowest BCUT2D eigenvalue weighted by molar-refractivity contribution is 0.0323. The molecule has 0 aromatic rings. The van der Waals surface area contributed by atoms with Crippen molar-refractivity contribution in [1.29, 1.82) is 0 Å². The monoisotopic (exact) mass is 132 g/mol. The second kappa shape index (κ2) is 2.20. The molecule has 0 aromatic heterocycles. The van der Waals surface area contributed by atoms with Crippen LogP contribution in [0.5, 0.6) is 0 Å². The smallest absolute Gasteiger partial charge is 0.318 e. The van der Waals surface area contributed by atoms with E-state index < -0.39 is 18.5 Å². The zero-order valence-electron chi connectivity index (χ0n) is 4.66. The first-order chi connectivity index (χ1) is 4.18. The summed E-state index contributed by atoms with van der Waals surface area (Å²) in [5, 5.41) is 21.7. The lowest BCUT2D eigenvalue weighted by atomic mass is 10.3. The fourth-order valence-electron chi connectivity index (χ4n) is 0.674. The van der Waals surface area contributed by atoms with Gasteiger partial charge in [-0.1, -0.05) is 0 Å². The topological polar surface area (TPSA) is 81.6 Å². The first-order valence-corrected chi connectivity index (χ1v) is 2.61. The lowest BCUT2D eigenvalue weighted by Crippen LogP contribution is -2.54. The summed E-state index contributed by atoms with van der Waals surface area (Å²) in [6.45, 7) is 0. The second-order valence-corrected chi connectivity index (χ2v) is 1.89. The number of carbonyl (C=O) groups is 1. The molecule has 0 bridgehead atoms. The van der Waals surface area contributed by atoms with Crippen molar-refractivity contribution in [3.05, 3.63) is 0 Å². The first kappa shape index (κ1) is 6.31. The quantitative estimate of drug-likeness (QED) is 0.318. The number of nitrogens with one attached hydrogen (secondary N) is 2. The molecule has 1 aliphatic rings. The molecule has 1 fully saturated rings. The Hall–Kier alpha value is -0.810. The predicted molar refractivity (Wildman–Crippen MR) is 28.3 cm³/mol. The fourth-order valence-corrected chi connectivity index (χ4v) is 0.674. The van der Waals surface area contributed by atoms with Crippen molar-refractivity contribution in [2.24, 2.45) is 0 Å². The van der Waals surface area contributed by atoms with Gasteiger partial charge in [0.25, 0.3) is 0 Å². The third-order valence-corrected chi connectivity index (χ3v) is 1.04. The number of aliphatic hydroxyl groups excluding tert-OH is 2. The van der Waals surface area contributed by atoms with Gasteiger partial charge < -0.3 is 20.8 Å². The molecule has 9 heavy (non-hydrogen) atoms. The molecule has 4 N–H and O–H groups in total. The number of hydrogen-bond donors (Lipinski definition) is 4. The van der Waals surface area contributed by atoms with Crippen LogP contribution in [0.15, 0.2) is 0 Å². The van der Waals surface area contributed by atoms with Crippen molar-refractivity contribution < 1.29 is 15.0 Å². The van der Waals surface area contributed by atoms with E-state index in [1.54, 1.807) is 0 Å². The maximum atomic E-state index is 10.3. The van der Waals surface area contributed by atoms with E-state index in [4.69, 9.17) is 10.2 Å². The molecule has 1 saturated heterocycles. The number of carbonyl (C=O) groups excluding carboxylic acids is 1. The molecule has 2 unspecified atom stereocenters. The standard InChI is InChI=1S/C4H8N2O3/c7-2-1-3(8)6-4(9)5-2/h2-3,7-8H,1H2,(H2,5,6,9). The molecule has 0 aliphatic carbocycles. The highest BCUT2D eigenvalue weighted by Gasteiger charge is 2.21. The van der Waals surface area contributed by atoms with Gasteiger partial charge in [0.15, 0.2) is 0 Å². The molecular formula is C4H8N2O3. The molecule has 52 valence electrons. The van der Waals surface area contributed by atoms with Crippen molar-refractivity contribution in [3.63, 3.8) is 0 Å². The van der Waals surface area contributed by atoms with Gasteiger partial charge in [-0.15, -0.1) is 0 Å². The molecule has 0 aromatic carbocycles. The largest absolute Gasteiger partial charge is 0.374 e. The summed E-state index contributed by atoms with van der Waals surface area (Å²) in [5.41, 5.74) is 0. The average Bonchev–Trinajstić information content (AvgIpc) is 1.59. The molecule has 5 nitrogen and oxygen atoms in total. The van der Waals surface area contributed by atoms with E-state index in [1.807, 2.05) is 0 Å². The summed E-state index contributed by atoms with van der Waals surface area (Å²) < 4.78 is 0. The molecule has 1 aliphatic heterocycles. The summed E-state index contributed by atoms with van der Waals surface area (Å²) in [5.74, 6) is 0. The summed E-state index contributed by atoms with van der Waals surface area (Å²) in [4.78, 5) is 10.3. The Morgan fingerprint density at radius 1 is 1.33 bits per heavy atom. The number of amides is 2. The first-order valence-electron chi connectivity index (χ1n) is 2.61. The van der Waals surface area contributed by atoms with Crippen LogP contribution in [-0.2, 0) is 0 Å². The van der Waals surface area contributed by atoms with Crippen molar-refractivity contribution in [1.82, 2.24) is 10.6 Å². The number of rotatable bonds is 0. The molecule has 2 amide bonds. The Morgan fingerprint density at radius 3 is 2.11 bits per heavy atom. The van der Waals surface area contributed by atoms with Gasteiger partial charge >= 0.3 is 6.03 Å². The number of hydrogen-bond acceptors (Lipinski definition) is 3. The fraction of sp³-hybridized carbons (Fsp3) is 0.750. The van der Waals surface area contributed by atoms with Crippen LogP contribution in [0.25, 0.3) is 0 Å². The van der Waals surface area contributed by atoms with E-state index in [0.717, 1.165) is 0 Å². The van der Waals surface area contributed by atoms with Gasteiger partial charge in [0.05, 0.1) is 0 Å². The normalized spacial score (nSPS) is 35.1. The van der Waals surface area contributed by atoms with Gasteiger partial charge in [-0.25, -0.2) is 4.79 Å². The minimum absolute atomic E-state index is 0.131. The van der Waals surface area contributed by atoms with Crippen LogP contribution in [0.1, 0.15) is 6.42 Å². The van der Waals surface area contributed by atoms with Crippen LogP contribution in [-0.4, -0.2) is 28.7 Å². The van der Waals surface area contributed by atoms with Crippen LogP contribution >= 0.6 is 0 Å². The van der Waals surface area contributed by atoms with Crippen LogP contribution < -0.4 is 10.6 Å². The summed E-state index contributed by atoms with van der Waals surface area (Å²) in [7, 11) is 0. The molecule has 0 spiro atoms. The summed E-state index contributed by atoms with van der Waals surface area (Å²) >= 11 is 0. The van der Waals surface area contributed by atoms with Crippen molar-refractivity contribution in [3.8, 4) is 0 Å². The van der Waals surface area contributed by atoms with Crippen molar-refractivity contribution >= 4 is 6.03 Å². The van der Waals surface area contributed by atoms with Crippen molar-refractivity contribution in [2.75, 3.05) is 0 Å². The van der Waals surface area contributed by atoms with Crippen LogP contribution in [0.3, 0.4) is 0 Å². The lowest BCUT2D eigenvalue weighted by Gasteiger charge is -2.23. The Labute approximate surface area is 51.7 Å². The van der Waals surface area contributed by atoms with Gasteiger partial charge in [-0.3, -0.25) is 0 Å². The minimum atomic E-state index is -0.922. The van der Waals surface area contributed by atoms with Gasteiger partial charge in [0.1, 0.15) is 12.5 Å². The van der Waals surface area contributed by atoms with E-state index in [0.29, 0.717) is 0 Å². The van der Waals surface area contributed by atoms with E-state index in [-0.39, 0.29) is 6.42 Å². The maximum Gasteiger partial charge on any atom is 0.318 e. The predicted octanol–water partition coefficient (Wildman–Crippen LogP) is -1.67. The van der Waals surface area contributed by atoms with Crippen LogP contribution in [0.2, 0.25) is 0 Å². The van der Waals surface area contributed by atoms with E-state index in [2.05, 4.69) is 10.6 Å².